The maximum absolute atomic E-state index is 12.8. The molecule has 0 saturated carbocycles. The summed E-state index contributed by atoms with van der Waals surface area (Å²) in [5.74, 6) is -1.66. The third kappa shape index (κ3) is 4.63. The molecule has 0 fully saturated rings. The molecule has 92 valence electrons. The molecular formula is C12H14FNO3. The number of nitrogens with zero attached hydrogens (tertiary/aromatic N) is 1. The fraction of sp³-hybridized carbons (Fsp3) is 0.333. The third-order valence-electron chi connectivity index (χ3n) is 2.31. The fourth-order valence-corrected chi connectivity index (χ4v) is 1.43. The van der Waals surface area contributed by atoms with E-state index >= 15 is 0 Å². The van der Waals surface area contributed by atoms with Crippen molar-refractivity contribution >= 4 is 11.9 Å². The summed E-state index contributed by atoms with van der Waals surface area (Å²) < 4.78 is 12.8. The van der Waals surface area contributed by atoms with Gasteiger partial charge in [-0.15, -0.1) is 0 Å². The molecule has 1 N–H and O–H groups in total. The van der Waals surface area contributed by atoms with Gasteiger partial charge in [0.15, 0.2) is 0 Å². The Balaban J connectivity index is 2.45. The molecular weight excluding hydrogens is 225 g/mol. The zero-order valence-corrected chi connectivity index (χ0v) is 9.52. The molecule has 0 aromatic heterocycles. The molecule has 0 saturated heterocycles. The van der Waals surface area contributed by atoms with E-state index in [1.807, 2.05) is 0 Å². The van der Waals surface area contributed by atoms with Crippen LogP contribution in [0.2, 0.25) is 0 Å². The number of rotatable bonds is 5. The highest BCUT2D eigenvalue weighted by Crippen LogP contribution is 2.07. The Labute approximate surface area is 98.7 Å². The highest BCUT2D eigenvalue weighted by Gasteiger charge is 2.11. The first-order chi connectivity index (χ1) is 7.99. The molecule has 0 aliphatic rings. The molecule has 0 heterocycles. The molecule has 1 rings (SSSR count). The van der Waals surface area contributed by atoms with Crippen molar-refractivity contribution in [2.75, 3.05) is 13.6 Å². The zero-order valence-electron chi connectivity index (χ0n) is 9.52. The van der Waals surface area contributed by atoms with E-state index < -0.39 is 5.97 Å². The molecule has 1 aromatic rings. The van der Waals surface area contributed by atoms with Crippen LogP contribution >= 0.6 is 0 Å². The predicted molar refractivity (Wildman–Crippen MR) is 60.0 cm³/mol. The van der Waals surface area contributed by atoms with Crippen molar-refractivity contribution in [1.29, 1.82) is 0 Å². The van der Waals surface area contributed by atoms with Gasteiger partial charge in [0.1, 0.15) is 12.4 Å². The largest absolute Gasteiger partial charge is 0.480 e. The first-order valence-electron chi connectivity index (χ1n) is 5.19. The van der Waals surface area contributed by atoms with E-state index in [1.165, 1.54) is 19.2 Å². The predicted octanol–water partition coefficient (Wildman–Crippen LogP) is 1.30. The van der Waals surface area contributed by atoms with Crippen LogP contribution in [0.5, 0.6) is 0 Å². The minimum absolute atomic E-state index is 0.174. The van der Waals surface area contributed by atoms with Crippen molar-refractivity contribution in [3.63, 3.8) is 0 Å². The van der Waals surface area contributed by atoms with Gasteiger partial charge in [-0.25, -0.2) is 4.39 Å². The van der Waals surface area contributed by atoms with Crippen LogP contribution in [-0.2, 0) is 16.0 Å². The second-order valence-electron chi connectivity index (χ2n) is 3.77. The molecule has 0 spiro atoms. The number of amides is 1. The zero-order chi connectivity index (χ0) is 12.8. The number of aliphatic carboxylic acids is 1. The van der Waals surface area contributed by atoms with Gasteiger partial charge in [-0.05, 0) is 24.1 Å². The van der Waals surface area contributed by atoms with E-state index in [4.69, 9.17) is 5.11 Å². The van der Waals surface area contributed by atoms with Crippen LogP contribution in [0.4, 0.5) is 4.39 Å². The van der Waals surface area contributed by atoms with Crippen molar-refractivity contribution in [2.45, 2.75) is 12.8 Å². The molecule has 0 radical (unpaired) electrons. The van der Waals surface area contributed by atoms with Gasteiger partial charge in [-0.3, -0.25) is 9.59 Å². The lowest BCUT2D eigenvalue weighted by Gasteiger charge is -2.14. The summed E-state index contributed by atoms with van der Waals surface area (Å²) in [6, 6.07) is 6.01. The molecule has 0 unspecified atom stereocenters. The number of carboxylic acids is 1. The van der Waals surface area contributed by atoms with Gasteiger partial charge in [0.25, 0.3) is 0 Å². The molecule has 0 atom stereocenters. The second-order valence-corrected chi connectivity index (χ2v) is 3.77. The summed E-state index contributed by atoms with van der Waals surface area (Å²) in [5.41, 5.74) is 0.724. The van der Waals surface area contributed by atoms with Crippen LogP contribution in [0.15, 0.2) is 24.3 Å². The Morgan fingerprint density at radius 2 is 2.12 bits per heavy atom. The normalized spacial score (nSPS) is 10.0. The van der Waals surface area contributed by atoms with Gasteiger partial charge in [0.05, 0.1) is 0 Å². The van der Waals surface area contributed by atoms with Crippen LogP contribution < -0.4 is 0 Å². The maximum atomic E-state index is 12.8. The van der Waals surface area contributed by atoms with Crippen LogP contribution in [0.3, 0.4) is 0 Å². The van der Waals surface area contributed by atoms with Crippen LogP contribution in [-0.4, -0.2) is 35.5 Å². The third-order valence-corrected chi connectivity index (χ3v) is 2.31. The number of hydrogen-bond acceptors (Lipinski definition) is 2. The van der Waals surface area contributed by atoms with E-state index in [0.717, 1.165) is 10.5 Å². The van der Waals surface area contributed by atoms with E-state index in [1.54, 1.807) is 12.1 Å². The quantitative estimate of drug-likeness (QED) is 0.842. The van der Waals surface area contributed by atoms with Crippen LogP contribution in [0.1, 0.15) is 12.0 Å². The Kier molecular flexibility index (Phi) is 4.63. The molecule has 0 aliphatic carbocycles. The average molecular weight is 239 g/mol. The van der Waals surface area contributed by atoms with Gasteiger partial charge in [0, 0.05) is 13.5 Å². The number of halogens is 1. The first-order valence-corrected chi connectivity index (χ1v) is 5.19. The Bertz CT molecular complexity index is 420. The number of benzene rings is 1. The topological polar surface area (TPSA) is 57.6 Å². The van der Waals surface area contributed by atoms with Gasteiger partial charge in [-0.2, -0.15) is 0 Å². The number of aryl methyl sites for hydroxylation is 1. The van der Waals surface area contributed by atoms with Crippen molar-refractivity contribution < 1.29 is 19.1 Å². The smallest absolute Gasteiger partial charge is 0.323 e. The lowest BCUT2D eigenvalue weighted by Crippen LogP contribution is -2.32. The Morgan fingerprint density at radius 3 is 2.71 bits per heavy atom. The van der Waals surface area contributed by atoms with Crippen LogP contribution in [0.25, 0.3) is 0 Å². The van der Waals surface area contributed by atoms with Gasteiger partial charge >= 0.3 is 5.97 Å². The van der Waals surface area contributed by atoms with Gasteiger partial charge in [-0.1, -0.05) is 12.1 Å². The highest BCUT2D eigenvalue weighted by atomic mass is 19.1. The number of likely N-dealkylation sites (N-methyl/N-ethyl adjacent to an activating group) is 1. The summed E-state index contributed by atoms with van der Waals surface area (Å²) in [7, 11) is 1.43. The van der Waals surface area contributed by atoms with Gasteiger partial charge in [0.2, 0.25) is 5.91 Å². The highest BCUT2D eigenvalue weighted by molar-refractivity contribution is 5.81. The number of carboxylic acid groups (broad SMARTS) is 1. The van der Waals surface area contributed by atoms with Crippen molar-refractivity contribution in [3.05, 3.63) is 35.6 Å². The second kappa shape index (κ2) is 5.98. The van der Waals surface area contributed by atoms with E-state index in [0.29, 0.717) is 6.42 Å². The van der Waals surface area contributed by atoms with Crippen LogP contribution in [0, 0.1) is 5.82 Å². The lowest BCUT2D eigenvalue weighted by atomic mass is 10.1. The summed E-state index contributed by atoms with van der Waals surface area (Å²) in [6.07, 6.45) is 0.577. The fourth-order valence-electron chi connectivity index (χ4n) is 1.43. The van der Waals surface area contributed by atoms with E-state index in [-0.39, 0.29) is 24.7 Å². The van der Waals surface area contributed by atoms with E-state index in [9.17, 15) is 14.0 Å². The SMILES string of the molecule is CN(CC(=O)O)C(=O)CCc1cccc(F)c1. The maximum Gasteiger partial charge on any atom is 0.323 e. The minimum Gasteiger partial charge on any atom is -0.480 e. The molecule has 1 aromatic carbocycles. The summed E-state index contributed by atoms with van der Waals surface area (Å²) >= 11 is 0. The average Bonchev–Trinajstić information content (AvgIpc) is 2.25. The summed E-state index contributed by atoms with van der Waals surface area (Å²) in [6.45, 7) is -0.317. The van der Waals surface area contributed by atoms with E-state index in [2.05, 4.69) is 0 Å². The molecule has 0 aliphatic heterocycles. The van der Waals surface area contributed by atoms with Crippen molar-refractivity contribution in [1.82, 2.24) is 4.90 Å². The minimum atomic E-state index is -1.05. The Hall–Kier alpha value is -1.91. The number of carbonyl (C=O) groups is 2. The summed E-state index contributed by atoms with van der Waals surface area (Å²) in [5, 5.41) is 8.51. The van der Waals surface area contributed by atoms with Crippen molar-refractivity contribution in [2.24, 2.45) is 0 Å². The molecule has 1 amide bonds. The van der Waals surface area contributed by atoms with Crippen molar-refractivity contribution in [3.8, 4) is 0 Å². The molecule has 5 heteroatoms. The number of carbonyl (C=O) groups excluding carboxylic acids is 1. The number of hydrogen-bond donors (Lipinski definition) is 1. The van der Waals surface area contributed by atoms with Gasteiger partial charge < -0.3 is 10.0 Å². The molecule has 4 nitrogen and oxygen atoms in total. The summed E-state index contributed by atoms with van der Waals surface area (Å²) in [4.78, 5) is 23.0. The molecule has 0 bridgehead atoms. The monoisotopic (exact) mass is 239 g/mol. The lowest BCUT2D eigenvalue weighted by molar-refractivity contribution is -0.143. The first kappa shape index (κ1) is 13.2. The molecule has 17 heavy (non-hydrogen) atoms. The standard InChI is InChI=1S/C12H14FNO3/c1-14(8-12(16)17)11(15)6-5-9-3-2-4-10(13)7-9/h2-4,7H,5-6,8H2,1H3,(H,16,17). The Morgan fingerprint density at radius 1 is 1.41 bits per heavy atom.